The van der Waals surface area contributed by atoms with Crippen LogP contribution in [0.4, 0.5) is 5.69 Å². The number of pyridine rings is 1. The van der Waals surface area contributed by atoms with E-state index in [1.54, 1.807) is 12.1 Å². The molecule has 0 atom stereocenters. The van der Waals surface area contributed by atoms with E-state index >= 15 is 0 Å². The molecule has 2 aromatic carbocycles. The highest BCUT2D eigenvalue weighted by atomic mass is 16.6. The van der Waals surface area contributed by atoms with Crippen LogP contribution in [0.1, 0.15) is 5.56 Å². The van der Waals surface area contributed by atoms with Crippen molar-refractivity contribution >= 4 is 27.5 Å². The fraction of sp³-hybridized carbons (Fsp3) is 0.105. The van der Waals surface area contributed by atoms with Crippen molar-refractivity contribution in [1.29, 1.82) is 0 Å². The van der Waals surface area contributed by atoms with E-state index in [0.29, 0.717) is 0 Å². The Morgan fingerprint density at radius 3 is 2.54 bits per heavy atom. The number of aromatic nitrogens is 2. The molecule has 0 bridgehead atoms. The second-order valence-electron chi connectivity index (χ2n) is 5.92. The second-order valence-corrected chi connectivity index (χ2v) is 5.92. The molecule has 0 aliphatic heterocycles. The number of hydrogen-bond acceptors (Lipinski definition) is 2. The Morgan fingerprint density at radius 1 is 1.04 bits per heavy atom. The van der Waals surface area contributed by atoms with Gasteiger partial charge in [0.1, 0.15) is 0 Å². The monoisotopic (exact) mass is 318 g/mol. The lowest BCUT2D eigenvalue weighted by Crippen LogP contribution is -2.33. The first kappa shape index (κ1) is 14.4. The van der Waals surface area contributed by atoms with Crippen molar-refractivity contribution in [3.8, 4) is 0 Å². The van der Waals surface area contributed by atoms with Crippen molar-refractivity contribution in [2.24, 2.45) is 7.05 Å². The van der Waals surface area contributed by atoms with Crippen molar-refractivity contribution < 1.29 is 9.49 Å². The van der Waals surface area contributed by atoms with Gasteiger partial charge in [-0.1, -0.05) is 30.3 Å². The maximum absolute atomic E-state index is 11.1. The quantitative estimate of drug-likeness (QED) is 0.329. The largest absolute Gasteiger partial charge is 0.343 e. The van der Waals surface area contributed by atoms with Gasteiger partial charge in [0.25, 0.3) is 5.69 Å². The number of nitro benzene ring substituents is 1. The van der Waals surface area contributed by atoms with Crippen LogP contribution < -0.4 is 4.57 Å². The molecule has 5 nitrogen and oxygen atoms in total. The van der Waals surface area contributed by atoms with E-state index in [9.17, 15) is 10.1 Å². The van der Waals surface area contributed by atoms with E-state index in [2.05, 4.69) is 33.5 Å². The molecular formula is C19H16N3O2+. The van der Waals surface area contributed by atoms with Crippen molar-refractivity contribution in [2.75, 3.05) is 0 Å². The molecule has 0 amide bonds. The van der Waals surface area contributed by atoms with E-state index in [4.69, 9.17) is 0 Å². The summed E-state index contributed by atoms with van der Waals surface area (Å²) in [5.74, 6) is 0. The van der Waals surface area contributed by atoms with Crippen LogP contribution in [0.25, 0.3) is 21.8 Å². The molecule has 0 radical (unpaired) electrons. The number of rotatable bonds is 3. The molecular weight excluding hydrogens is 302 g/mol. The fourth-order valence-corrected chi connectivity index (χ4v) is 3.20. The number of nitro groups is 1. The maximum atomic E-state index is 11.1. The summed E-state index contributed by atoms with van der Waals surface area (Å²) in [5, 5.41) is 13.0. The fourth-order valence-electron chi connectivity index (χ4n) is 3.20. The Balaban J connectivity index is 1.89. The van der Waals surface area contributed by atoms with Gasteiger partial charge in [0.15, 0.2) is 18.9 Å². The number of benzene rings is 2. The van der Waals surface area contributed by atoms with Crippen LogP contribution in [0.2, 0.25) is 0 Å². The molecule has 24 heavy (non-hydrogen) atoms. The Hall–Kier alpha value is -3.21. The number of hydrogen-bond donors (Lipinski definition) is 0. The topological polar surface area (TPSA) is 51.9 Å². The van der Waals surface area contributed by atoms with Crippen LogP contribution >= 0.6 is 0 Å². The molecule has 5 heteroatoms. The molecule has 0 aliphatic rings. The summed E-state index contributed by atoms with van der Waals surface area (Å²) >= 11 is 0. The van der Waals surface area contributed by atoms with Crippen LogP contribution in [-0.2, 0) is 13.6 Å². The smallest absolute Gasteiger partial charge is 0.270 e. The summed E-state index contributed by atoms with van der Waals surface area (Å²) in [4.78, 5) is 10.7. The third kappa shape index (κ3) is 2.31. The SMILES string of the molecule is Cn1c2ccc([N+](=O)[O-])cc2c2c[n+](Cc3ccccc3)ccc21. The van der Waals surface area contributed by atoms with Crippen LogP contribution in [-0.4, -0.2) is 9.49 Å². The van der Waals surface area contributed by atoms with Gasteiger partial charge in [-0.15, -0.1) is 0 Å². The predicted molar refractivity (Wildman–Crippen MR) is 92.8 cm³/mol. The van der Waals surface area contributed by atoms with Gasteiger partial charge in [0, 0.05) is 41.7 Å². The molecule has 0 spiro atoms. The van der Waals surface area contributed by atoms with E-state index in [-0.39, 0.29) is 10.6 Å². The first-order chi connectivity index (χ1) is 11.6. The van der Waals surface area contributed by atoms with Gasteiger partial charge in [-0.25, -0.2) is 4.57 Å². The molecule has 2 heterocycles. The molecule has 0 saturated heterocycles. The lowest BCUT2D eigenvalue weighted by atomic mass is 10.1. The highest BCUT2D eigenvalue weighted by Crippen LogP contribution is 2.29. The number of nitrogens with zero attached hydrogens (tertiary/aromatic N) is 3. The third-order valence-electron chi connectivity index (χ3n) is 4.41. The van der Waals surface area contributed by atoms with Gasteiger partial charge in [-0.2, -0.15) is 0 Å². The lowest BCUT2D eigenvalue weighted by Gasteiger charge is -1.99. The molecule has 0 unspecified atom stereocenters. The summed E-state index contributed by atoms with van der Waals surface area (Å²) in [6.45, 7) is 0.766. The van der Waals surface area contributed by atoms with Gasteiger partial charge in [-0.3, -0.25) is 10.1 Å². The molecule has 4 aromatic rings. The van der Waals surface area contributed by atoms with Gasteiger partial charge >= 0.3 is 0 Å². The van der Waals surface area contributed by atoms with E-state index < -0.39 is 0 Å². The first-order valence-corrected chi connectivity index (χ1v) is 7.73. The van der Waals surface area contributed by atoms with Crippen molar-refractivity contribution in [1.82, 2.24) is 4.57 Å². The third-order valence-corrected chi connectivity index (χ3v) is 4.41. The van der Waals surface area contributed by atoms with Gasteiger partial charge < -0.3 is 4.57 Å². The minimum atomic E-state index is -0.348. The summed E-state index contributed by atoms with van der Waals surface area (Å²) in [7, 11) is 1.98. The molecule has 0 aliphatic carbocycles. The zero-order valence-corrected chi connectivity index (χ0v) is 13.2. The predicted octanol–water partition coefficient (Wildman–Crippen LogP) is 3.58. The molecule has 118 valence electrons. The lowest BCUT2D eigenvalue weighted by molar-refractivity contribution is -0.687. The summed E-state index contributed by atoms with van der Waals surface area (Å²) in [6, 6.07) is 17.3. The average molecular weight is 318 g/mol. The number of aryl methyl sites for hydroxylation is 1. The van der Waals surface area contributed by atoms with E-state index in [0.717, 1.165) is 28.4 Å². The second kappa shape index (κ2) is 5.45. The minimum Gasteiger partial charge on any atom is -0.343 e. The molecule has 2 aromatic heterocycles. The molecule has 0 N–H and O–H groups in total. The van der Waals surface area contributed by atoms with Crippen LogP contribution in [0, 0.1) is 10.1 Å². The molecule has 0 saturated carbocycles. The Labute approximate surface area is 138 Å². The van der Waals surface area contributed by atoms with Crippen LogP contribution in [0.15, 0.2) is 67.0 Å². The average Bonchev–Trinajstić information content (AvgIpc) is 2.88. The van der Waals surface area contributed by atoms with Gasteiger partial charge in [-0.05, 0) is 6.07 Å². The normalized spacial score (nSPS) is 11.2. The number of non-ortho nitro benzene ring substituents is 1. The van der Waals surface area contributed by atoms with Crippen molar-refractivity contribution in [2.45, 2.75) is 6.54 Å². The summed E-state index contributed by atoms with van der Waals surface area (Å²) in [5.41, 5.74) is 3.39. The van der Waals surface area contributed by atoms with Gasteiger partial charge in [0.2, 0.25) is 0 Å². The zero-order chi connectivity index (χ0) is 16.7. The maximum Gasteiger partial charge on any atom is 0.270 e. The Morgan fingerprint density at radius 2 is 1.79 bits per heavy atom. The first-order valence-electron chi connectivity index (χ1n) is 7.73. The highest BCUT2D eigenvalue weighted by Gasteiger charge is 2.16. The summed E-state index contributed by atoms with van der Waals surface area (Å²) < 4.78 is 4.18. The van der Waals surface area contributed by atoms with Crippen molar-refractivity contribution in [3.05, 3.63) is 82.7 Å². The Kier molecular flexibility index (Phi) is 3.27. The number of fused-ring (bicyclic) bond motifs is 3. The van der Waals surface area contributed by atoms with Crippen molar-refractivity contribution in [3.63, 3.8) is 0 Å². The molecule has 4 rings (SSSR count). The zero-order valence-electron chi connectivity index (χ0n) is 13.2. The van der Waals surface area contributed by atoms with E-state index in [1.165, 1.54) is 5.56 Å². The highest BCUT2D eigenvalue weighted by molar-refractivity contribution is 6.07. The van der Waals surface area contributed by atoms with E-state index in [1.807, 2.05) is 37.5 Å². The van der Waals surface area contributed by atoms with Crippen LogP contribution in [0.3, 0.4) is 0 Å². The standard InChI is InChI=1S/C19H16N3O2/c1-20-18-8-7-15(22(23)24)11-16(18)17-13-21(10-9-19(17)20)12-14-5-3-2-4-6-14/h2-11,13H,12H2,1H3/q+1. The molecule has 0 fully saturated rings. The summed E-state index contributed by atoms with van der Waals surface area (Å²) in [6.07, 6.45) is 4.11. The van der Waals surface area contributed by atoms with Crippen LogP contribution in [0.5, 0.6) is 0 Å². The minimum absolute atomic E-state index is 0.119. The Bertz CT molecular complexity index is 1070. The van der Waals surface area contributed by atoms with Gasteiger partial charge in [0.05, 0.1) is 15.8 Å².